The van der Waals surface area contributed by atoms with Crippen LogP contribution in [0.15, 0.2) is 51.7 Å². The summed E-state index contributed by atoms with van der Waals surface area (Å²) in [5.74, 6) is -0.0447. The van der Waals surface area contributed by atoms with E-state index in [2.05, 4.69) is 26.2 Å². The summed E-state index contributed by atoms with van der Waals surface area (Å²) < 4.78 is 0.786. The maximum absolute atomic E-state index is 13.8. The Labute approximate surface area is 220 Å². The molecular weight excluding hydrogens is 555 g/mol. The zero-order chi connectivity index (χ0) is 24.7. The third kappa shape index (κ3) is 5.20. The number of halogens is 3. The van der Waals surface area contributed by atoms with Gasteiger partial charge in [0.2, 0.25) is 11.5 Å². The Morgan fingerprint density at radius 1 is 1.06 bits per heavy atom. The number of carbonyl (C=O) groups is 2. The van der Waals surface area contributed by atoms with Gasteiger partial charge in [-0.25, -0.2) is 0 Å². The number of hydrogen-bond donors (Lipinski definition) is 2. The van der Waals surface area contributed by atoms with E-state index in [4.69, 9.17) is 23.2 Å². The van der Waals surface area contributed by atoms with Crippen LogP contribution in [0.4, 0.5) is 5.69 Å². The molecule has 10 heteroatoms. The van der Waals surface area contributed by atoms with Crippen molar-refractivity contribution in [1.29, 1.82) is 0 Å². The van der Waals surface area contributed by atoms with Crippen molar-refractivity contribution in [2.24, 2.45) is 5.92 Å². The summed E-state index contributed by atoms with van der Waals surface area (Å²) in [5, 5.41) is 4.52. The molecular formula is C25H23BrCl2N4O3. The molecule has 2 fully saturated rings. The van der Waals surface area contributed by atoms with Gasteiger partial charge < -0.3 is 20.1 Å². The topological polar surface area (TPSA) is 85.5 Å². The summed E-state index contributed by atoms with van der Waals surface area (Å²) in [6.45, 7) is 1.71. The second kappa shape index (κ2) is 9.84. The number of anilines is 1. The number of aromatic amines is 1. The maximum atomic E-state index is 13.8. The molecule has 0 radical (unpaired) electrons. The highest BCUT2D eigenvalue weighted by molar-refractivity contribution is 9.10. The van der Waals surface area contributed by atoms with Gasteiger partial charge in [0.1, 0.15) is 6.04 Å². The van der Waals surface area contributed by atoms with Crippen LogP contribution >= 0.6 is 39.1 Å². The van der Waals surface area contributed by atoms with Crippen molar-refractivity contribution < 1.29 is 9.59 Å². The Bertz CT molecular complexity index is 1370. The molecule has 2 amide bonds. The van der Waals surface area contributed by atoms with Crippen LogP contribution in [0.3, 0.4) is 0 Å². The molecule has 7 nitrogen and oxygen atoms in total. The van der Waals surface area contributed by atoms with Crippen LogP contribution in [0.2, 0.25) is 10.0 Å². The van der Waals surface area contributed by atoms with Crippen LogP contribution in [0.5, 0.6) is 0 Å². The molecule has 182 valence electrons. The molecule has 1 aliphatic carbocycles. The smallest absolute Gasteiger partial charge is 0.255 e. The first-order valence-corrected chi connectivity index (χ1v) is 13.0. The van der Waals surface area contributed by atoms with Crippen LogP contribution < -0.4 is 15.8 Å². The number of pyridine rings is 1. The lowest BCUT2D eigenvalue weighted by molar-refractivity contribution is -0.125. The number of carbonyl (C=O) groups excluding carboxylic acids is 2. The molecule has 0 bridgehead atoms. The number of fused-ring (bicyclic) bond motifs is 1. The van der Waals surface area contributed by atoms with Crippen molar-refractivity contribution in [3.8, 4) is 0 Å². The Morgan fingerprint density at radius 3 is 2.60 bits per heavy atom. The summed E-state index contributed by atoms with van der Waals surface area (Å²) in [5.41, 5.74) is 1.30. The Kier molecular flexibility index (Phi) is 6.79. The van der Waals surface area contributed by atoms with Gasteiger partial charge >= 0.3 is 0 Å². The zero-order valence-electron chi connectivity index (χ0n) is 18.7. The minimum Gasteiger partial charge on any atom is -0.367 e. The number of H-pyrrole nitrogens is 1. The van der Waals surface area contributed by atoms with Gasteiger partial charge in [-0.1, -0.05) is 39.1 Å². The third-order valence-corrected chi connectivity index (χ3v) is 7.74. The van der Waals surface area contributed by atoms with Crippen molar-refractivity contribution in [3.05, 3.63) is 72.9 Å². The Hall–Kier alpha value is -2.55. The van der Waals surface area contributed by atoms with Crippen molar-refractivity contribution >= 4 is 67.5 Å². The molecule has 5 rings (SSSR count). The van der Waals surface area contributed by atoms with Crippen molar-refractivity contribution in [3.63, 3.8) is 0 Å². The quantitative estimate of drug-likeness (QED) is 0.469. The SMILES string of the molecule is O=C(NCC1CC1)C1CN(c2ccc(Cl)c(Cl)c2)CCN1C(=O)c1cc(=O)[nH]c2ccc(Br)cc12. The van der Waals surface area contributed by atoms with Gasteiger partial charge in [0.05, 0.1) is 15.6 Å². The van der Waals surface area contributed by atoms with Gasteiger partial charge in [-0.2, -0.15) is 0 Å². The summed E-state index contributed by atoms with van der Waals surface area (Å²) in [7, 11) is 0. The molecule has 1 saturated carbocycles. The Balaban J connectivity index is 1.48. The van der Waals surface area contributed by atoms with Crippen LogP contribution in [-0.2, 0) is 4.79 Å². The van der Waals surface area contributed by atoms with Crippen molar-refractivity contribution in [1.82, 2.24) is 15.2 Å². The minimum atomic E-state index is -0.731. The fourth-order valence-corrected chi connectivity index (χ4v) is 5.06. The summed E-state index contributed by atoms with van der Waals surface area (Å²) in [4.78, 5) is 45.8. The van der Waals surface area contributed by atoms with Gasteiger partial charge in [-0.05, 0) is 55.2 Å². The second-order valence-electron chi connectivity index (χ2n) is 8.98. The third-order valence-electron chi connectivity index (χ3n) is 6.51. The van der Waals surface area contributed by atoms with E-state index in [0.29, 0.717) is 53.0 Å². The fourth-order valence-electron chi connectivity index (χ4n) is 4.41. The second-order valence-corrected chi connectivity index (χ2v) is 10.7. The molecule has 0 spiro atoms. The largest absolute Gasteiger partial charge is 0.367 e. The highest BCUT2D eigenvalue weighted by Crippen LogP contribution is 2.30. The molecule has 2 heterocycles. The number of hydrogen-bond acceptors (Lipinski definition) is 4. The van der Waals surface area contributed by atoms with Crippen molar-refractivity contribution in [2.75, 3.05) is 31.1 Å². The molecule has 3 aromatic rings. The average Bonchev–Trinajstić information content (AvgIpc) is 3.68. The predicted molar refractivity (Wildman–Crippen MR) is 142 cm³/mol. The molecule has 2 N–H and O–H groups in total. The van der Waals surface area contributed by atoms with Gasteiger partial charge in [0.15, 0.2) is 0 Å². The van der Waals surface area contributed by atoms with Gasteiger partial charge in [0, 0.05) is 53.3 Å². The van der Waals surface area contributed by atoms with E-state index < -0.39 is 6.04 Å². The molecule has 1 atom stereocenters. The highest BCUT2D eigenvalue weighted by atomic mass is 79.9. The summed E-state index contributed by atoms with van der Waals surface area (Å²) >= 11 is 15.7. The van der Waals surface area contributed by atoms with E-state index in [1.807, 2.05) is 11.0 Å². The van der Waals surface area contributed by atoms with Gasteiger partial charge in [-0.3, -0.25) is 14.4 Å². The number of aromatic nitrogens is 1. The van der Waals surface area contributed by atoms with E-state index in [9.17, 15) is 14.4 Å². The first-order valence-electron chi connectivity index (χ1n) is 11.4. The summed E-state index contributed by atoms with van der Waals surface area (Å²) in [6, 6.07) is 11.3. The van der Waals surface area contributed by atoms with E-state index >= 15 is 0 Å². The first kappa shape index (κ1) is 24.2. The fraction of sp³-hybridized carbons (Fsp3) is 0.320. The maximum Gasteiger partial charge on any atom is 0.255 e. The highest BCUT2D eigenvalue weighted by Gasteiger charge is 2.37. The van der Waals surface area contributed by atoms with Crippen LogP contribution in [0, 0.1) is 5.92 Å². The van der Waals surface area contributed by atoms with Crippen LogP contribution in [0.1, 0.15) is 23.2 Å². The summed E-state index contributed by atoms with van der Waals surface area (Å²) in [6.07, 6.45) is 2.22. The van der Waals surface area contributed by atoms with E-state index in [0.717, 1.165) is 23.0 Å². The van der Waals surface area contributed by atoms with E-state index in [1.165, 1.54) is 6.07 Å². The van der Waals surface area contributed by atoms with E-state index in [-0.39, 0.29) is 22.9 Å². The molecule has 1 aliphatic heterocycles. The van der Waals surface area contributed by atoms with Crippen LogP contribution in [-0.4, -0.2) is 53.9 Å². The molecule has 1 aromatic heterocycles. The molecule has 1 unspecified atom stereocenters. The average molecular weight is 578 g/mol. The first-order chi connectivity index (χ1) is 16.8. The minimum absolute atomic E-state index is 0.203. The number of amides is 2. The van der Waals surface area contributed by atoms with Crippen LogP contribution in [0.25, 0.3) is 10.9 Å². The number of nitrogens with zero attached hydrogens (tertiary/aromatic N) is 2. The van der Waals surface area contributed by atoms with Gasteiger partial charge in [-0.15, -0.1) is 0 Å². The lowest BCUT2D eigenvalue weighted by Gasteiger charge is -2.41. The monoisotopic (exact) mass is 576 g/mol. The lowest BCUT2D eigenvalue weighted by atomic mass is 10.0. The molecule has 35 heavy (non-hydrogen) atoms. The number of piperazine rings is 1. The van der Waals surface area contributed by atoms with Gasteiger partial charge in [0.25, 0.3) is 5.91 Å². The zero-order valence-corrected chi connectivity index (χ0v) is 21.8. The number of rotatable bonds is 5. The molecule has 2 aromatic carbocycles. The van der Waals surface area contributed by atoms with E-state index in [1.54, 1.807) is 35.2 Å². The lowest BCUT2D eigenvalue weighted by Crippen LogP contribution is -2.61. The standard InChI is InChI=1S/C25H23BrCl2N4O3/c26-15-3-6-21-17(9-15)18(11-23(33)30-21)25(35)32-8-7-31(16-4-5-19(27)20(28)10-16)13-22(32)24(34)29-12-14-1-2-14/h3-6,9-11,14,22H,1-2,7-8,12-13H2,(H,29,34)(H,30,33). The number of nitrogens with one attached hydrogen (secondary N) is 2. The molecule has 2 aliphatic rings. The Morgan fingerprint density at radius 2 is 1.86 bits per heavy atom. The van der Waals surface area contributed by atoms with Crippen molar-refractivity contribution in [2.45, 2.75) is 18.9 Å². The predicted octanol–water partition coefficient (Wildman–Crippen LogP) is 4.45. The molecule has 1 saturated heterocycles. The normalized spacial score (nSPS) is 18.1. The number of benzene rings is 2.